The SMILES string of the molecule is C[Si](O[Si](C)(O[Si](C)(c1ccccc1)c1ccccc1)c1ccccc1)(O[Si](C)(c1ccccc1)c1ccccc1)c1ccccc1. The molecule has 0 aliphatic carbocycles. The van der Waals surface area contributed by atoms with E-state index in [4.69, 9.17) is 12.3 Å². The van der Waals surface area contributed by atoms with E-state index in [1.54, 1.807) is 0 Å². The lowest BCUT2D eigenvalue weighted by Crippen LogP contribution is -2.74. The predicted octanol–water partition coefficient (Wildman–Crippen LogP) is 5.77. The van der Waals surface area contributed by atoms with Crippen molar-refractivity contribution in [1.29, 1.82) is 0 Å². The van der Waals surface area contributed by atoms with E-state index in [0.29, 0.717) is 0 Å². The third kappa shape index (κ3) is 7.02. The molecule has 0 saturated carbocycles. The quantitative estimate of drug-likeness (QED) is 0.154. The van der Waals surface area contributed by atoms with Crippen LogP contribution in [0.3, 0.4) is 0 Å². The Labute approximate surface area is 284 Å². The van der Waals surface area contributed by atoms with Crippen molar-refractivity contribution in [2.24, 2.45) is 0 Å². The van der Waals surface area contributed by atoms with E-state index in [9.17, 15) is 0 Å². The third-order valence-electron chi connectivity index (χ3n) is 9.08. The van der Waals surface area contributed by atoms with Crippen LogP contribution in [0.2, 0.25) is 26.2 Å². The highest BCUT2D eigenvalue weighted by Gasteiger charge is 2.53. The summed E-state index contributed by atoms with van der Waals surface area (Å²) in [7, 11) is -12.0. The summed E-state index contributed by atoms with van der Waals surface area (Å²) in [6, 6.07) is 63.9. The van der Waals surface area contributed by atoms with Crippen LogP contribution in [0.1, 0.15) is 0 Å². The molecule has 0 radical (unpaired) electrons. The molecule has 0 aliphatic rings. The van der Waals surface area contributed by atoms with Gasteiger partial charge in [-0.15, -0.1) is 0 Å². The number of hydrogen-bond donors (Lipinski definition) is 0. The summed E-state index contributed by atoms with van der Waals surface area (Å²) in [6.07, 6.45) is 0. The monoisotopic (exact) mass is 682 g/mol. The second kappa shape index (κ2) is 14.0. The molecule has 7 heteroatoms. The van der Waals surface area contributed by atoms with Gasteiger partial charge in [0.05, 0.1) is 0 Å². The summed E-state index contributed by atoms with van der Waals surface area (Å²) >= 11 is 0. The molecule has 2 unspecified atom stereocenters. The Morgan fingerprint density at radius 3 is 0.660 bits per heavy atom. The van der Waals surface area contributed by atoms with Crippen LogP contribution in [-0.4, -0.2) is 33.8 Å². The smallest absolute Gasteiger partial charge is 0.350 e. The van der Waals surface area contributed by atoms with Crippen molar-refractivity contribution >= 4 is 64.9 Å². The van der Waals surface area contributed by atoms with Crippen molar-refractivity contribution in [3.8, 4) is 0 Å². The van der Waals surface area contributed by atoms with Crippen LogP contribution in [0.4, 0.5) is 0 Å². The van der Waals surface area contributed by atoms with Gasteiger partial charge in [0, 0.05) is 0 Å². The Morgan fingerprint density at radius 2 is 0.447 bits per heavy atom. The molecule has 0 saturated heterocycles. The Kier molecular flexibility index (Phi) is 9.86. The lowest BCUT2D eigenvalue weighted by atomic mass is 10.4. The van der Waals surface area contributed by atoms with E-state index in [0.717, 1.165) is 10.4 Å². The fourth-order valence-corrected chi connectivity index (χ4v) is 26.1. The van der Waals surface area contributed by atoms with Gasteiger partial charge < -0.3 is 12.3 Å². The Bertz CT molecular complexity index is 1630. The maximum absolute atomic E-state index is 7.78. The van der Waals surface area contributed by atoms with Gasteiger partial charge >= 0.3 is 17.1 Å². The fraction of sp³-hybridized carbons (Fsp3) is 0.100. The largest absolute Gasteiger partial charge is 0.425 e. The summed E-state index contributed by atoms with van der Waals surface area (Å²) in [4.78, 5) is 0. The summed E-state index contributed by atoms with van der Waals surface area (Å²) in [5, 5.41) is 7.02. The molecule has 0 N–H and O–H groups in total. The van der Waals surface area contributed by atoms with Crippen molar-refractivity contribution in [2.75, 3.05) is 0 Å². The molecule has 0 aliphatic heterocycles. The van der Waals surface area contributed by atoms with Gasteiger partial charge in [0.2, 0.25) is 16.6 Å². The van der Waals surface area contributed by atoms with Crippen molar-refractivity contribution in [1.82, 2.24) is 0 Å². The minimum absolute atomic E-state index is 1.09. The highest BCUT2D eigenvalue weighted by molar-refractivity contribution is 7.07. The highest BCUT2D eigenvalue weighted by atomic mass is 28.5. The standard InChI is InChI=1S/C40H42O3Si4/c1-44(35-23-11-5-12-24-35,36-25-13-6-14-26-36)41-46(3,39-31-19-9-20-32-39)43-47(4,40-33-21-10-22-34-40)42-45(2,37-27-15-7-16-28-37)38-29-17-8-18-30-38/h5-34H,1-4H3. The highest BCUT2D eigenvalue weighted by Crippen LogP contribution is 2.25. The average molecular weight is 683 g/mol. The summed E-state index contributed by atoms with van der Waals surface area (Å²) in [6.45, 7) is 9.07. The minimum atomic E-state index is -3.23. The van der Waals surface area contributed by atoms with E-state index in [2.05, 4.69) is 208 Å². The molecule has 3 nitrogen and oxygen atoms in total. The van der Waals surface area contributed by atoms with Gasteiger partial charge in [0.1, 0.15) is 0 Å². The van der Waals surface area contributed by atoms with Crippen LogP contribution in [0.25, 0.3) is 0 Å². The topological polar surface area (TPSA) is 27.7 Å². The van der Waals surface area contributed by atoms with Gasteiger partial charge in [-0.3, -0.25) is 0 Å². The normalized spacial score (nSPS) is 14.6. The van der Waals surface area contributed by atoms with Gasteiger partial charge in [0.25, 0.3) is 0 Å². The van der Waals surface area contributed by atoms with Crippen molar-refractivity contribution < 1.29 is 12.3 Å². The Hall–Kier alpha value is -3.93. The average Bonchev–Trinajstić information content (AvgIpc) is 3.13. The van der Waals surface area contributed by atoms with Gasteiger partial charge in [-0.05, 0) is 57.3 Å². The number of benzene rings is 6. The van der Waals surface area contributed by atoms with Crippen molar-refractivity contribution in [2.45, 2.75) is 26.2 Å². The molecular weight excluding hydrogens is 641 g/mol. The molecule has 0 aromatic heterocycles. The summed E-state index contributed by atoms with van der Waals surface area (Å²) in [5.41, 5.74) is 0. The molecule has 0 bridgehead atoms. The third-order valence-corrected chi connectivity index (χ3v) is 27.1. The molecule has 0 heterocycles. The van der Waals surface area contributed by atoms with Crippen LogP contribution < -0.4 is 31.1 Å². The first-order valence-corrected chi connectivity index (χ1v) is 25.6. The molecule has 0 amide bonds. The number of hydrogen-bond acceptors (Lipinski definition) is 3. The first kappa shape index (κ1) is 33.0. The fourth-order valence-electron chi connectivity index (χ4n) is 6.50. The maximum atomic E-state index is 7.78. The molecule has 0 spiro atoms. The zero-order valence-corrected chi connectivity index (χ0v) is 31.5. The molecule has 6 aromatic rings. The second-order valence-electron chi connectivity index (χ2n) is 12.5. The lowest BCUT2D eigenvalue weighted by Gasteiger charge is -2.45. The van der Waals surface area contributed by atoms with Crippen LogP contribution in [0.15, 0.2) is 182 Å². The molecule has 47 heavy (non-hydrogen) atoms. The molecule has 6 rings (SSSR count). The van der Waals surface area contributed by atoms with Gasteiger partial charge in [-0.2, -0.15) is 0 Å². The van der Waals surface area contributed by atoms with Gasteiger partial charge in [-0.1, -0.05) is 182 Å². The van der Waals surface area contributed by atoms with Crippen molar-refractivity contribution in [3.05, 3.63) is 182 Å². The van der Waals surface area contributed by atoms with E-state index < -0.39 is 33.8 Å². The van der Waals surface area contributed by atoms with Crippen LogP contribution in [0, 0.1) is 0 Å². The predicted molar refractivity (Wildman–Crippen MR) is 206 cm³/mol. The van der Waals surface area contributed by atoms with E-state index >= 15 is 0 Å². The van der Waals surface area contributed by atoms with E-state index in [-0.39, 0.29) is 0 Å². The molecule has 6 aromatic carbocycles. The summed E-state index contributed by atoms with van der Waals surface area (Å²) in [5.74, 6) is 0. The number of rotatable bonds is 12. The molecule has 2 atom stereocenters. The van der Waals surface area contributed by atoms with Gasteiger partial charge in [-0.25, -0.2) is 0 Å². The zero-order valence-electron chi connectivity index (χ0n) is 27.5. The minimum Gasteiger partial charge on any atom is -0.425 e. The Morgan fingerprint density at radius 1 is 0.255 bits per heavy atom. The lowest BCUT2D eigenvalue weighted by molar-refractivity contribution is 0.348. The van der Waals surface area contributed by atoms with Gasteiger partial charge in [0.15, 0.2) is 0 Å². The molecule has 236 valence electrons. The molecule has 0 fully saturated rings. The van der Waals surface area contributed by atoms with Crippen molar-refractivity contribution in [3.63, 3.8) is 0 Å². The first-order valence-electron chi connectivity index (χ1n) is 16.2. The maximum Gasteiger partial charge on any atom is 0.350 e. The zero-order chi connectivity index (χ0) is 32.8. The van der Waals surface area contributed by atoms with Crippen LogP contribution >= 0.6 is 0 Å². The van der Waals surface area contributed by atoms with E-state index in [1.807, 2.05) is 0 Å². The first-order chi connectivity index (χ1) is 22.8. The van der Waals surface area contributed by atoms with E-state index in [1.165, 1.54) is 20.7 Å². The summed E-state index contributed by atoms with van der Waals surface area (Å²) < 4.78 is 23.3. The molecular formula is C40H42O3Si4. The Balaban J connectivity index is 1.53. The van der Waals surface area contributed by atoms with Crippen LogP contribution in [-0.2, 0) is 12.3 Å². The second-order valence-corrected chi connectivity index (χ2v) is 26.3. The van der Waals surface area contributed by atoms with Crippen LogP contribution in [0.5, 0.6) is 0 Å².